The number of aliphatic hydroxyl groups is 4. The van der Waals surface area contributed by atoms with Crippen LogP contribution in [0.5, 0.6) is 0 Å². The van der Waals surface area contributed by atoms with Crippen LogP contribution in [0.1, 0.15) is 10.4 Å². The Bertz CT molecular complexity index is 569. The zero-order valence-corrected chi connectivity index (χ0v) is 12.9. The molecule has 1 rings (SSSR count). The molecule has 0 unspecified atom stereocenters. The van der Waals surface area contributed by atoms with E-state index < -0.39 is 44.6 Å². The van der Waals surface area contributed by atoms with Crippen molar-refractivity contribution in [2.45, 2.75) is 18.3 Å². The lowest BCUT2D eigenvalue weighted by Crippen LogP contribution is -2.49. The monoisotopic (exact) mass is 368 g/mol. The molecule has 0 aromatic carbocycles. The average molecular weight is 368 g/mol. The molecule has 2 amide bonds. The van der Waals surface area contributed by atoms with Crippen molar-refractivity contribution in [2.75, 3.05) is 6.61 Å². The SMILES string of the molecule is O=C(NC(=O)[C@H](O)[C@H](O)[C@H](O)CO)c1cccnc1.O=P(O)(O)O. The summed E-state index contributed by atoms with van der Waals surface area (Å²) >= 11 is 0. The first-order chi connectivity index (χ1) is 11.0. The fourth-order valence-electron chi connectivity index (χ4n) is 1.23. The van der Waals surface area contributed by atoms with E-state index in [-0.39, 0.29) is 5.56 Å². The Hall–Kier alpha value is -1.76. The number of nitrogens with one attached hydrogen (secondary N) is 1. The van der Waals surface area contributed by atoms with Crippen molar-refractivity contribution in [3.05, 3.63) is 30.1 Å². The van der Waals surface area contributed by atoms with Crippen LogP contribution in [-0.4, -0.2) is 76.8 Å². The van der Waals surface area contributed by atoms with Gasteiger partial charge in [-0.1, -0.05) is 0 Å². The maximum Gasteiger partial charge on any atom is 0.466 e. The fourth-order valence-corrected chi connectivity index (χ4v) is 1.23. The van der Waals surface area contributed by atoms with Gasteiger partial charge in [0.15, 0.2) is 6.10 Å². The molecule has 24 heavy (non-hydrogen) atoms. The Morgan fingerprint density at radius 1 is 1.21 bits per heavy atom. The molecule has 136 valence electrons. The molecule has 1 heterocycles. The van der Waals surface area contributed by atoms with E-state index in [2.05, 4.69) is 4.98 Å². The number of phosphoric acid groups is 1. The highest BCUT2D eigenvalue weighted by Crippen LogP contribution is 2.25. The summed E-state index contributed by atoms with van der Waals surface area (Å²) in [6.07, 6.45) is -2.97. The number of imide groups is 1. The third-order valence-corrected chi connectivity index (χ3v) is 2.33. The van der Waals surface area contributed by atoms with Crippen molar-refractivity contribution in [3.63, 3.8) is 0 Å². The largest absolute Gasteiger partial charge is 0.466 e. The van der Waals surface area contributed by atoms with Crippen LogP contribution in [0.15, 0.2) is 24.5 Å². The van der Waals surface area contributed by atoms with Crippen molar-refractivity contribution >= 4 is 19.6 Å². The van der Waals surface area contributed by atoms with E-state index in [1.54, 1.807) is 0 Å². The molecule has 12 nitrogen and oxygen atoms in total. The van der Waals surface area contributed by atoms with Crippen molar-refractivity contribution in [2.24, 2.45) is 0 Å². The van der Waals surface area contributed by atoms with Gasteiger partial charge in [-0.3, -0.25) is 19.9 Å². The maximum absolute atomic E-state index is 11.5. The zero-order valence-electron chi connectivity index (χ0n) is 12.0. The topological polar surface area (TPSA) is 218 Å². The standard InChI is InChI=1S/C11H14N2O6.H3O4P/c14-5-7(15)8(16)9(17)11(19)13-10(18)6-2-1-3-12-4-6;1-5(2,3)4/h1-4,7-9,14-17H,5H2,(H,13,18,19);(H3,1,2,3,4)/t7-,8-,9-;/m1./s1. The van der Waals surface area contributed by atoms with Crippen molar-refractivity contribution in [1.82, 2.24) is 10.3 Å². The van der Waals surface area contributed by atoms with Gasteiger partial charge in [0, 0.05) is 12.4 Å². The molecular formula is C11H17N2O10P. The number of pyridine rings is 1. The number of rotatable bonds is 5. The van der Waals surface area contributed by atoms with Gasteiger partial charge in [-0.25, -0.2) is 4.57 Å². The van der Waals surface area contributed by atoms with Gasteiger partial charge in [0.2, 0.25) is 0 Å². The molecule has 1 aromatic heterocycles. The molecule has 8 N–H and O–H groups in total. The predicted octanol–water partition coefficient (Wildman–Crippen LogP) is -3.52. The van der Waals surface area contributed by atoms with E-state index in [1.807, 2.05) is 5.32 Å². The lowest BCUT2D eigenvalue weighted by atomic mass is 10.1. The molecule has 0 aliphatic heterocycles. The lowest BCUT2D eigenvalue weighted by Gasteiger charge is -2.20. The number of aliphatic hydroxyl groups excluding tert-OH is 4. The highest BCUT2D eigenvalue weighted by molar-refractivity contribution is 7.45. The molecule has 0 spiro atoms. The van der Waals surface area contributed by atoms with E-state index >= 15 is 0 Å². The third-order valence-electron chi connectivity index (χ3n) is 2.33. The summed E-state index contributed by atoms with van der Waals surface area (Å²) in [6.45, 7) is -0.831. The van der Waals surface area contributed by atoms with Crippen LogP contribution < -0.4 is 5.32 Å². The third kappa shape index (κ3) is 9.39. The maximum atomic E-state index is 11.5. The Morgan fingerprint density at radius 2 is 1.75 bits per heavy atom. The van der Waals surface area contributed by atoms with Crippen LogP contribution in [0, 0.1) is 0 Å². The minimum Gasteiger partial charge on any atom is -0.394 e. The Morgan fingerprint density at radius 3 is 2.17 bits per heavy atom. The van der Waals surface area contributed by atoms with E-state index in [1.165, 1.54) is 24.5 Å². The molecule has 1 aromatic rings. The number of hydrogen-bond acceptors (Lipinski definition) is 8. The number of amides is 2. The number of nitrogens with zero attached hydrogens (tertiary/aromatic N) is 1. The molecule has 0 saturated heterocycles. The van der Waals surface area contributed by atoms with Gasteiger partial charge in [-0.05, 0) is 12.1 Å². The van der Waals surface area contributed by atoms with Crippen molar-refractivity contribution in [1.29, 1.82) is 0 Å². The first kappa shape index (κ1) is 22.2. The molecule has 3 atom stereocenters. The molecule has 0 saturated carbocycles. The van der Waals surface area contributed by atoms with Crippen molar-refractivity contribution < 1.29 is 49.3 Å². The van der Waals surface area contributed by atoms with Crippen LogP contribution in [0.25, 0.3) is 0 Å². The number of carbonyl (C=O) groups is 2. The van der Waals surface area contributed by atoms with Crippen LogP contribution >= 0.6 is 7.82 Å². The van der Waals surface area contributed by atoms with Crippen LogP contribution in [0.4, 0.5) is 0 Å². The molecule has 0 aliphatic carbocycles. The van der Waals surface area contributed by atoms with Gasteiger partial charge in [-0.2, -0.15) is 0 Å². The lowest BCUT2D eigenvalue weighted by molar-refractivity contribution is -0.141. The summed E-state index contributed by atoms with van der Waals surface area (Å²) in [5.74, 6) is -1.99. The molecule has 13 heteroatoms. The summed E-state index contributed by atoms with van der Waals surface area (Å²) in [6, 6.07) is 2.89. The van der Waals surface area contributed by atoms with Gasteiger partial charge in [0.1, 0.15) is 12.2 Å². The van der Waals surface area contributed by atoms with Crippen LogP contribution in [-0.2, 0) is 9.36 Å². The Kier molecular flexibility index (Phi) is 9.43. The Labute approximate surface area is 135 Å². The summed E-state index contributed by atoms with van der Waals surface area (Å²) in [5, 5.41) is 38.1. The second-order valence-corrected chi connectivity index (χ2v) is 5.29. The number of hydrogen-bond donors (Lipinski definition) is 8. The summed E-state index contributed by atoms with van der Waals surface area (Å²) in [4.78, 5) is 48.2. The number of carbonyl (C=O) groups excluding carboxylic acids is 2. The summed E-state index contributed by atoms with van der Waals surface area (Å²) in [7, 11) is -4.64. The van der Waals surface area contributed by atoms with Gasteiger partial charge in [0.05, 0.1) is 12.2 Å². The van der Waals surface area contributed by atoms with E-state index in [9.17, 15) is 19.8 Å². The highest BCUT2D eigenvalue weighted by Gasteiger charge is 2.30. The van der Waals surface area contributed by atoms with E-state index in [0.717, 1.165) is 0 Å². The fraction of sp³-hybridized carbons (Fsp3) is 0.364. The minimum atomic E-state index is -4.64. The van der Waals surface area contributed by atoms with E-state index in [0.29, 0.717) is 0 Å². The molecule has 0 radical (unpaired) electrons. The first-order valence-corrected chi connectivity index (χ1v) is 7.72. The van der Waals surface area contributed by atoms with Gasteiger partial charge < -0.3 is 35.1 Å². The minimum absolute atomic E-state index is 0.0975. The predicted molar refractivity (Wildman–Crippen MR) is 76.1 cm³/mol. The first-order valence-electron chi connectivity index (χ1n) is 6.16. The van der Waals surface area contributed by atoms with Gasteiger partial charge in [-0.15, -0.1) is 0 Å². The zero-order chi connectivity index (χ0) is 18.9. The smallest absolute Gasteiger partial charge is 0.394 e. The van der Waals surface area contributed by atoms with Gasteiger partial charge >= 0.3 is 7.82 Å². The quantitative estimate of drug-likeness (QED) is 0.238. The summed E-state index contributed by atoms with van der Waals surface area (Å²) in [5.41, 5.74) is 0.0975. The normalized spacial score (nSPS) is 14.6. The second kappa shape index (κ2) is 10.2. The molecule has 0 fully saturated rings. The second-order valence-electron chi connectivity index (χ2n) is 4.26. The van der Waals surface area contributed by atoms with Crippen LogP contribution in [0.2, 0.25) is 0 Å². The highest BCUT2D eigenvalue weighted by atomic mass is 31.2. The summed E-state index contributed by atoms with van der Waals surface area (Å²) < 4.78 is 8.88. The average Bonchev–Trinajstić information content (AvgIpc) is 2.51. The van der Waals surface area contributed by atoms with Crippen molar-refractivity contribution in [3.8, 4) is 0 Å². The molecule has 0 bridgehead atoms. The molecular weight excluding hydrogens is 351 g/mol. The Balaban J connectivity index is 0.000000922. The van der Waals surface area contributed by atoms with E-state index in [4.69, 9.17) is 29.5 Å². The van der Waals surface area contributed by atoms with Crippen LogP contribution in [0.3, 0.4) is 0 Å². The number of aromatic nitrogens is 1. The molecule has 0 aliphatic rings. The van der Waals surface area contributed by atoms with Gasteiger partial charge in [0.25, 0.3) is 11.8 Å².